The number of carbonyl (C=O) groups excluding carboxylic acids is 3. The molecule has 7 nitrogen and oxygen atoms in total. The number of hydrogen-bond donors (Lipinski definition) is 3. The molecule has 4 N–H and O–H groups in total. The Morgan fingerprint density at radius 1 is 1.45 bits per heavy atom. The van der Waals surface area contributed by atoms with E-state index in [0.29, 0.717) is 19.4 Å². The number of nitrogens with zero attached hydrogens (tertiary/aromatic N) is 1. The monoisotopic (exact) mass is 284 g/mol. The first kappa shape index (κ1) is 16.4. The van der Waals surface area contributed by atoms with Gasteiger partial charge in [0.15, 0.2) is 0 Å². The molecule has 1 aliphatic rings. The Morgan fingerprint density at radius 3 is 2.65 bits per heavy atom. The van der Waals surface area contributed by atoms with Crippen molar-refractivity contribution >= 4 is 17.7 Å². The van der Waals surface area contributed by atoms with E-state index in [1.165, 1.54) is 0 Å². The first-order valence-corrected chi connectivity index (χ1v) is 6.88. The molecule has 1 rings (SSSR count). The van der Waals surface area contributed by atoms with Crippen LogP contribution in [0.25, 0.3) is 0 Å². The van der Waals surface area contributed by atoms with Gasteiger partial charge in [0, 0.05) is 26.1 Å². The molecule has 1 fully saturated rings. The number of nitrogens with one attached hydrogen (secondary N) is 2. The van der Waals surface area contributed by atoms with Gasteiger partial charge in [0.05, 0.1) is 12.6 Å². The highest BCUT2D eigenvalue weighted by molar-refractivity contribution is 5.87. The second-order valence-corrected chi connectivity index (χ2v) is 5.56. The molecule has 0 aliphatic carbocycles. The molecule has 0 aromatic heterocycles. The van der Waals surface area contributed by atoms with Crippen molar-refractivity contribution in [3.05, 3.63) is 0 Å². The third-order valence-corrected chi connectivity index (χ3v) is 3.44. The molecule has 20 heavy (non-hydrogen) atoms. The molecule has 0 aromatic carbocycles. The minimum atomic E-state index is -0.610. The zero-order valence-corrected chi connectivity index (χ0v) is 12.3. The lowest BCUT2D eigenvalue weighted by Gasteiger charge is -2.30. The Morgan fingerprint density at radius 2 is 2.10 bits per heavy atom. The van der Waals surface area contributed by atoms with Gasteiger partial charge >= 0.3 is 0 Å². The second kappa shape index (κ2) is 7.23. The summed E-state index contributed by atoms with van der Waals surface area (Å²) in [4.78, 5) is 36.3. The number of rotatable bonds is 5. The maximum absolute atomic E-state index is 11.7. The Kier molecular flexibility index (Phi) is 5.94. The van der Waals surface area contributed by atoms with Crippen LogP contribution in [0.3, 0.4) is 0 Å². The standard InChI is InChI=1S/C13H24N4O3/c1-8(2)12(14)13(20)15-6-10(18)16-9-4-5-11(19)17(3)7-9/h8-9,12H,4-7,14H2,1-3H3,(H,15,20)(H,16,18)/t9?,12-/m0/s1. The Balaban J connectivity index is 2.30. The topological polar surface area (TPSA) is 105 Å². The molecule has 0 radical (unpaired) electrons. The van der Waals surface area contributed by atoms with Crippen LogP contribution < -0.4 is 16.4 Å². The van der Waals surface area contributed by atoms with Gasteiger partial charge in [-0.2, -0.15) is 0 Å². The molecular formula is C13H24N4O3. The number of nitrogens with two attached hydrogens (primary N) is 1. The Hall–Kier alpha value is -1.63. The fourth-order valence-corrected chi connectivity index (χ4v) is 2.00. The van der Waals surface area contributed by atoms with E-state index in [-0.39, 0.29) is 36.2 Å². The van der Waals surface area contributed by atoms with Crippen LogP contribution in [0.15, 0.2) is 0 Å². The Bertz CT molecular complexity index is 384. The molecule has 0 bridgehead atoms. The van der Waals surface area contributed by atoms with Crippen molar-refractivity contribution in [2.45, 2.75) is 38.8 Å². The summed E-state index contributed by atoms with van der Waals surface area (Å²) in [5, 5.41) is 5.32. The van der Waals surface area contributed by atoms with E-state index in [4.69, 9.17) is 5.73 Å². The highest BCUT2D eigenvalue weighted by Crippen LogP contribution is 2.09. The van der Waals surface area contributed by atoms with Crippen LogP contribution in [0.1, 0.15) is 26.7 Å². The molecule has 2 atom stereocenters. The zero-order chi connectivity index (χ0) is 15.3. The van der Waals surface area contributed by atoms with Gasteiger partial charge in [-0.3, -0.25) is 14.4 Å². The lowest BCUT2D eigenvalue weighted by Crippen LogP contribution is -2.52. The fourth-order valence-electron chi connectivity index (χ4n) is 2.00. The largest absolute Gasteiger partial charge is 0.350 e. The van der Waals surface area contributed by atoms with Gasteiger partial charge in [0.1, 0.15) is 0 Å². The molecule has 0 saturated carbocycles. The molecule has 7 heteroatoms. The van der Waals surface area contributed by atoms with Crippen LogP contribution in [0.4, 0.5) is 0 Å². The predicted molar refractivity (Wildman–Crippen MR) is 74.6 cm³/mol. The first-order valence-electron chi connectivity index (χ1n) is 6.88. The molecule has 1 heterocycles. The maximum atomic E-state index is 11.7. The van der Waals surface area contributed by atoms with Gasteiger partial charge in [0.2, 0.25) is 17.7 Å². The van der Waals surface area contributed by atoms with Crippen molar-refractivity contribution in [1.29, 1.82) is 0 Å². The summed E-state index contributed by atoms with van der Waals surface area (Å²) in [5.74, 6) is -0.476. The van der Waals surface area contributed by atoms with E-state index in [2.05, 4.69) is 10.6 Å². The van der Waals surface area contributed by atoms with Gasteiger partial charge in [-0.1, -0.05) is 13.8 Å². The average Bonchev–Trinajstić information content (AvgIpc) is 2.39. The highest BCUT2D eigenvalue weighted by Gasteiger charge is 2.24. The minimum Gasteiger partial charge on any atom is -0.350 e. The van der Waals surface area contributed by atoms with Gasteiger partial charge in [-0.15, -0.1) is 0 Å². The van der Waals surface area contributed by atoms with Crippen LogP contribution in [0.2, 0.25) is 0 Å². The summed E-state index contributed by atoms with van der Waals surface area (Å²) < 4.78 is 0. The molecule has 3 amide bonds. The third-order valence-electron chi connectivity index (χ3n) is 3.44. The quantitative estimate of drug-likeness (QED) is 0.591. The number of likely N-dealkylation sites (N-methyl/N-ethyl adjacent to an activating group) is 1. The van der Waals surface area contributed by atoms with Gasteiger partial charge in [0.25, 0.3) is 0 Å². The molecule has 1 unspecified atom stereocenters. The van der Waals surface area contributed by atoms with E-state index in [0.717, 1.165) is 0 Å². The van der Waals surface area contributed by atoms with Crippen molar-refractivity contribution in [3.8, 4) is 0 Å². The summed E-state index contributed by atoms with van der Waals surface area (Å²) in [7, 11) is 1.71. The van der Waals surface area contributed by atoms with Crippen molar-refractivity contribution in [3.63, 3.8) is 0 Å². The van der Waals surface area contributed by atoms with Crippen LogP contribution >= 0.6 is 0 Å². The smallest absolute Gasteiger partial charge is 0.239 e. The summed E-state index contributed by atoms with van der Waals surface area (Å²) in [6, 6.07) is -0.665. The lowest BCUT2D eigenvalue weighted by atomic mass is 10.0. The van der Waals surface area contributed by atoms with E-state index in [1.54, 1.807) is 11.9 Å². The zero-order valence-electron chi connectivity index (χ0n) is 12.3. The van der Waals surface area contributed by atoms with Crippen LogP contribution in [0.5, 0.6) is 0 Å². The SMILES string of the molecule is CC(C)[C@H](N)C(=O)NCC(=O)NC1CCC(=O)N(C)C1. The second-order valence-electron chi connectivity index (χ2n) is 5.56. The van der Waals surface area contributed by atoms with Gasteiger partial charge in [-0.05, 0) is 12.3 Å². The highest BCUT2D eigenvalue weighted by atomic mass is 16.2. The van der Waals surface area contributed by atoms with Crippen LogP contribution in [-0.4, -0.2) is 54.8 Å². The van der Waals surface area contributed by atoms with Crippen molar-refractivity contribution in [2.24, 2.45) is 11.7 Å². The normalized spacial score (nSPS) is 20.8. The van der Waals surface area contributed by atoms with Gasteiger partial charge in [-0.25, -0.2) is 0 Å². The summed E-state index contributed by atoms with van der Waals surface area (Å²) in [6.45, 7) is 4.11. The summed E-state index contributed by atoms with van der Waals surface area (Å²) in [5.41, 5.74) is 5.68. The molecule has 114 valence electrons. The van der Waals surface area contributed by atoms with E-state index in [1.807, 2.05) is 13.8 Å². The van der Waals surface area contributed by atoms with Crippen molar-refractivity contribution in [2.75, 3.05) is 20.1 Å². The number of amides is 3. The average molecular weight is 284 g/mol. The number of carbonyl (C=O) groups is 3. The van der Waals surface area contributed by atoms with Crippen molar-refractivity contribution in [1.82, 2.24) is 15.5 Å². The predicted octanol–water partition coefficient (Wildman–Crippen LogP) is -1.18. The van der Waals surface area contributed by atoms with Gasteiger partial charge < -0.3 is 21.3 Å². The number of likely N-dealkylation sites (tertiary alicyclic amines) is 1. The lowest BCUT2D eigenvalue weighted by molar-refractivity contribution is -0.134. The molecule has 0 spiro atoms. The number of piperidine rings is 1. The summed E-state index contributed by atoms with van der Waals surface area (Å²) in [6.07, 6.45) is 1.07. The molecule has 1 saturated heterocycles. The third kappa shape index (κ3) is 4.80. The maximum Gasteiger partial charge on any atom is 0.239 e. The molecule has 0 aromatic rings. The van der Waals surface area contributed by atoms with Crippen molar-refractivity contribution < 1.29 is 14.4 Å². The van der Waals surface area contributed by atoms with Crippen LogP contribution in [0, 0.1) is 5.92 Å². The molecular weight excluding hydrogens is 260 g/mol. The van der Waals surface area contributed by atoms with E-state index >= 15 is 0 Å². The van der Waals surface area contributed by atoms with E-state index in [9.17, 15) is 14.4 Å². The van der Waals surface area contributed by atoms with E-state index < -0.39 is 6.04 Å². The first-order chi connectivity index (χ1) is 9.31. The van der Waals surface area contributed by atoms with Crippen LogP contribution in [-0.2, 0) is 14.4 Å². The summed E-state index contributed by atoms with van der Waals surface area (Å²) >= 11 is 0. The minimum absolute atomic E-state index is 0.0241. The number of hydrogen-bond acceptors (Lipinski definition) is 4. The molecule has 1 aliphatic heterocycles. The Labute approximate surface area is 119 Å². The fraction of sp³-hybridized carbons (Fsp3) is 0.769.